The van der Waals surface area contributed by atoms with Crippen molar-refractivity contribution in [3.8, 4) is 5.75 Å². The Morgan fingerprint density at radius 1 is 1.37 bits per heavy atom. The molecule has 0 aromatic heterocycles. The van der Waals surface area contributed by atoms with Crippen molar-refractivity contribution in [3.63, 3.8) is 0 Å². The number of carbonyl (C=O) groups is 1. The molecule has 1 atom stereocenters. The van der Waals surface area contributed by atoms with Gasteiger partial charge < -0.3 is 4.74 Å². The van der Waals surface area contributed by atoms with Crippen molar-refractivity contribution in [1.82, 2.24) is 0 Å². The van der Waals surface area contributed by atoms with Crippen LogP contribution in [0, 0.1) is 12.8 Å². The highest BCUT2D eigenvalue weighted by Crippen LogP contribution is 2.26. The molecule has 104 valence electrons. The first-order valence-electron chi connectivity index (χ1n) is 7.34. The van der Waals surface area contributed by atoms with Gasteiger partial charge in [-0.2, -0.15) is 0 Å². The smallest absolute Gasteiger partial charge is 0.136 e. The number of rotatable bonds is 5. The molecule has 2 rings (SSSR count). The lowest BCUT2D eigenvalue weighted by molar-refractivity contribution is -0.121. The van der Waals surface area contributed by atoms with Crippen molar-refractivity contribution in [3.05, 3.63) is 29.3 Å². The first-order valence-corrected chi connectivity index (χ1v) is 7.34. The van der Waals surface area contributed by atoms with Gasteiger partial charge in [-0.25, -0.2) is 0 Å². The summed E-state index contributed by atoms with van der Waals surface area (Å²) in [7, 11) is 0. The van der Waals surface area contributed by atoms with E-state index in [9.17, 15) is 4.79 Å². The molecule has 1 fully saturated rings. The minimum atomic E-state index is 0.246. The molecule has 1 aromatic rings. The van der Waals surface area contributed by atoms with Crippen LogP contribution in [0.4, 0.5) is 0 Å². The summed E-state index contributed by atoms with van der Waals surface area (Å²) in [6.45, 7) is 7.18. The molecule has 0 bridgehead atoms. The quantitative estimate of drug-likeness (QED) is 0.791. The second kappa shape index (κ2) is 6.23. The summed E-state index contributed by atoms with van der Waals surface area (Å²) < 4.78 is 5.78. The zero-order chi connectivity index (χ0) is 13.8. The predicted molar refractivity (Wildman–Crippen MR) is 77.7 cm³/mol. The molecule has 0 aliphatic heterocycles. The summed E-state index contributed by atoms with van der Waals surface area (Å²) >= 11 is 0. The highest BCUT2D eigenvalue weighted by atomic mass is 16.5. The summed E-state index contributed by atoms with van der Waals surface area (Å²) in [5.41, 5.74) is 2.66. The zero-order valence-electron chi connectivity index (χ0n) is 12.2. The summed E-state index contributed by atoms with van der Waals surface area (Å²) in [6.07, 6.45) is 3.75. The maximum atomic E-state index is 11.5. The van der Waals surface area contributed by atoms with Crippen LogP contribution >= 0.6 is 0 Å². The monoisotopic (exact) mass is 260 g/mol. The van der Waals surface area contributed by atoms with E-state index in [1.54, 1.807) is 0 Å². The third-order valence-corrected chi connectivity index (χ3v) is 4.03. The number of hydrogen-bond acceptors (Lipinski definition) is 2. The molecule has 0 amide bonds. The fraction of sp³-hybridized carbons (Fsp3) is 0.588. The van der Waals surface area contributed by atoms with E-state index in [0.717, 1.165) is 31.4 Å². The average Bonchev–Trinajstić information content (AvgIpc) is 2.75. The van der Waals surface area contributed by atoms with Crippen molar-refractivity contribution in [2.75, 3.05) is 6.61 Å². The maximum Gasteiger partial charge on any atom is 0.136 e. The fourth-order valence-electron chi connectivity index (χ4n) is 2.90. The van der Waals surface area contributed by atoms with Crippen molar-refractivity contribution in [2.45, 2.75) is 52.4 Å². The van der Waals surface area contributed by atoms with Gasteiger partial charge in [0, 0.05) is 12.3 Å². The number of benzene rings is 1. The van der Waals surface area contributed by atoms with Gasteiger partial charge in [-0.3, -0.25) is 4.79 Å². The van der Waals surface area contributed by atoms with Crippen molar-refractivity contribution in [2.24, 2.45) is 5.92 Å². The van der Waals surface area contributed by atoms with Gasteiger partial charge in [0.2, 0.25) is 0 Å². The second-order valence-electron chi connectivity index (χ2n) is 5.87. The highest BCUT2D eigenvalue weighted by Gasteiger charge is 2.23. The Balaban J connectivity index is 1.86. The van der Waals surface area contributed by atoms with Crippen LogP contribution in [0.25, 0.3) is 0 Å². The van der Waals surface area contributed by atoms with E-state index >= 15 is 0 Å². The molecule has 2 heteroatoms. The van der Waals surface area contributed by atoms with E-state index < -0.39 is 0 Å². The molecule has 1 unspecified atom stereocenters. The van der Waals surface area contributed by atoms with Crippen molar-refractivity contribution >= 4 is 5.78 Å². The Hall–Kier alpha value is -1.31. The Morgan fingerprint density at radius 3 is 2.74 bits per heavy atom. The van der Waals surface area contributed by atoms with Crippen LogP contribution in [0.5, 0.6) is 5.75 Å². The number of carbonyl (C=O) groups excluding carboxylic acids is 1. The average molecular weight is 260 g/mol. The lowest BCUT2D eigenvalue weighted by Crippen LogP contribution is -2.11. The summed E-state index contributed by atoms with van der Waals surface area (Å²) in [4.78, 5) is 11.5. The van der Waals surface area contributed by atoms with Gasteiger partial charge in [-0.05, 0) is 55.4 Å². The van der Waals surface area contributed by atoms with Crippen LogP contribution in [0.1, 0.15) is 56.6 Å². The maximum absolute atomic E-state index is 11.5. The summed E-state index contributed by atoms with van der Waals surface area (Å²) in [6, 6.07) is 6.29. The van der Waals surface area contributed by atoms with Gasteiger partial charge >= 0.3 is 0 Å². The molecule has 0 N–H and O–H groups in total. The lowest BCUT2D eigenvalue weighted by Gasteiger charge is -2.13. The van der Waals surface area contributed by atoms with Gasteiger partial charge in [0.05, 0.1) is 6.61 Å². The van der Waals surface area contributed by atoms with Gasteiger partial charge in [-0.15, -0.1) is 0 Å². The number of Topliss-reactive ketones (excluding diaryl/α,β-unsaturated/α-hetero) is 1. The molecule has 19 heavy (non-hydrogen) atoms. The molecule has 1 aromatic carbocycles. The largest absolute Gasteiger partial charge is 0.494 e. The Morgan fingerprint density at radius 2 is 2.16 bits per heavy atom. The number of hydrogen-bond donors (Lipinski definition) is 0. The first kappa shape index (κ1) is 14.1. The normalized spacial score (nSPS) is 19.2. The third kappa shape index (κ3) is 3.59. The SMILES string of the molecule is Cc1cc(OCCC2CCCC2=O)ccc1C(C)C. The van der Waals surface area contributed by atoms with Gasteiger partial charge in [0.1, 0.15) is 11.5 Å². The van der Waals surface area contributed by atoms with E-state index in [-0.39, 0.29) is 5.92 Å². The summed E-state index contributed by atoms with van der Waals surface area (Å²) in [5, 5.41) is 0. The van der Waals surface area contributed by atoms with E-state index in [1.165, 1.54) is 11.1 Å². The fourth-order valence-corrected chi connectivity index (χ4v) is 2.90. The minimum absolute atomic E-state index is 0.246. The minimum Gasteiger partial charge on any atom is -0.494 e. The van der Waals surface area contributed by atoms with E-state index in [2.05, 4.69) is 32.9 Å². The standard InChI is InChI=1S/C17H24O2/c1-12(2)16-8-7-15(11-13(16)3)19-10-9-14-5-4-6-17(14)18/h7-8,11-12,14H,4-6,9-10H2,1-3H3. The van der Waals surface area contributed by atoms with Crippen molar-refractivity contribution in [1.29, 1.82) is 0 Å². The Bertz CT molecular complexity index is 449. The van der Waals surface area contributed by atoms with E-state index in [1.807, 2.05) is 6.07 Å². The predicted octanol–water partition coefficient (Wildman–Crippen LogP) is 4.26. The zero-order valence-corrected chi connectivity index (χ0v) is 12.2. The molecule has 0 saturated heterocycles. The van der Waals surface area contributed by atoms with Crippen LogP contribution in [0.2, 0.25) is 0 Å². The van der Waals surface area contributed by atoms with Crippen LogP contribution in [-0.4, -0.2) is 12.4 Å². The lowest BCUT2D eigenvalue weighted by atomic mass is 9.98. The Kier molecular flexibility index (Phi) is 4.62. The van der Waals surface area contributed by atoms with E-state index in [4.69, 9.17) is 4.74 Å². The van der Waals surface area contributed by atoms with Crippen molar-refractivity contribution < 1.29 is 9.53 Å². The van der Waals surface area contributed by atoms with Crippen LogP contribution in [0.15, 0.2) is 18.2 Å². The molecule has 1 saturated carbocycles. The second-order valence-corrected chi connectivity index (χ2v) is 5.87. The highest BCUT2D eigenvalue weighted by molar-refractivity contribution is 5.82. The Labute approximate surface area is 116 Å². The number of ketones is 1. The van der Waals surface area contributed by atoms with Gasteiger partial charge in [0.25, 0.3) is 0 Å². The molecular formula is C17H24O2. The number of ether oxygens (including phenoxy) is 1. The van der Waals surface area contributed by atoms with Crippen LogP contribution in [0.3, 0.4) is 0 Å². The molecule has 0 radical (unpaired) electrons. The topological polar surface area (TPSA) is 26.3 Å². The van der Waals surface area contributed by atoms with Crippen LogP contribution < -0.4 is 4.74 Å². The molecule has 1 aliphatic rings. The molecule has 0 heterocycles. The van der Waals surface area contributed by atoms with Gasteiger partial charge in [-0.1, -0.05) is 19.9 Å². The van der Waals surface area contributed by atoms with E-state index in [0.29, 0.717) is 18.3 Å². The molecule has 1 aliphatic carbocycles. The molecular weight excluding hydrogens is 236 g/mol. The van der Waals surface area contributed by atoms with Crippen LogP contribution in [-0.2, 0) is 4.79 Å². The third-order valence-electron chi connectivity index (χ3n) is 4.03. The van der Waals surface area contributed by atoms with Gasteiger partial charge in [0.15, 0.2) is 0 Å². The molecule has 2 nitrogen and oxygen atoms in total. The summed E-state index contributed by atoms with van der Waals surface area (Å²) in [5.74, 6) is 2.14. The molecule has 0 spiro atoms. The first-order chi connectivity index (χ1) is 9.08. The number of aryl methyl sites for hydroxylation is 1.